The lowest BCUT2D eigenvalue weighted by Crippen LogP contribution is -2.03. The summed E-state index contributed by atoms with van der Waals surface area (Å²) in [7, 11) is 0. The first-order chi connectivity index (χ1) is 3.81. The Hall–Kier alpha value is 0.690. The van der Waals surface area contributed by atoms with Gasteiger partial charge in [0, 0.05) is 0 Å². The summed E-state index contributed by atoms with van der Waals surface area (Å²) in [5.74, 6) is 0. The van der Waals surface area contributed by atoms with Crippen molar-refractivity contribution in [1.29, 1.82) is 0 Å². The third-order valence-corrected chi connectivity index (χ3v) is 1.91. The maximum atomic E-state index is 8.99. The van der Waals surface area contributed by atoms with Gasteiger partial charge in [-0.05, 0) is 23.7 Å². The Balaban J connectivity index is 2.86. The van der Waals surface area contributed by atoms with E-state index >= 15 is 0 Å². The van der Waals surface area contributed by atoms with Gasteiger partial charge in [0.15, 0.2) is 0 Å². The summed E-state index contributed by atoms with van der Waals surface area (Å²) < 4.78 is 1.16. The summed E-state index contributed by atoms with van der Waals surface area (Å²) in [6.45, 7) is 2.01. The highest BCUT2D eigenvalue weighted by molar-refractivity contribution is 14.1. The van der Waals surface area contributed by atoms with Crippen LogP contribution in [0.3, 0.4) is 0 Å². The SMILES string of the molecule is CCC(O)CCCI. The molecule has 8 heavy (non-hydrogen) atoms. The quantitative estimate of drug-likeness (QED) is 0.576. The average Bonchev–Trinajstić information content (AvgIpc) is 1.83. The van der Waals surface area contributed by atoms with E-state index in [9.17, 15) is 0 Å². The highest BCUT2D eigenvalue weighted by atomic mass is 127. The maximum absolute atomic E-state index is 8.99. The molecular weight excluding hydrogens is 215 g/mol. The maximum Gasteiger partial charge on any atom is 0.0537 e. The predicted octanol–water partition coefficient (Wildman–Crippen LogP) is 1.97. The standard InChI is InChI=1S/C6H13IO/c1-2-6(8)4-3-5-7/h6,8H,2-5H2,1H3. The summed E-state index contributed by atoms with van der Waals surface area (Å²) in [4.78, 5) is 0. The average molecular weight is 228 g/mol. The van der Waals surface area contributed by atoms with Gasteiger partial charge in [0.05, 0.1) is 6.10 Å². The Morgan fingerprint density at radius 2 is 2.25 bits per heavy atom. The predicted molar refractivity (Wildman–Crippen MR) is 44.4 cm³/mol. The minimum atomic E-state index is -0.0511. The van der Waals surface area contributed by atoms with Crippen LogP contribution in [0.1, 0.15) is 26.2 Å². The molecule has 0 aliphatic rings. The Morgan fingerprint density at radius 1 is 1.62 bits per heavy atom. The topological polar surface area (TPSA) is 20.2 Å². The van der Waals surface area contributed by atoms with Crippen LogP contribution in [0.2, 0.25) is 0 Å². The Labute approximate surface area is 64.6 Å². The van der Waals surface area contributed by atoms with E-state index in [1.165, 1.54) is 0 Å². The van der Waals surface area contributed by atoms with E-state index in [0.29, 0.717) is 0 Å². The molecular formula is C6H13IO. The molecule has 1 nitrogen and oxygen atoms in total. The zero-order chi connectivity index (χ0) is 6.41. The second-order valence-corrected chi connectivity index (χ2v) is 2.97. The van der Waals surface area contributed by atoms with Crippen LogP contribution in [0.5, 0.6) is 0 Å². The lowest BCUT2D eigenvalue weighted by atomic mass is 10.2. The zero-order valence-corrected chi connectivity index (χ0v) is 7.39. The van der Waals surface area contributed by atoms with Crippen molar-refractivity contribution in [3.63, 3.8) is 0 Å². The fourth-order valence-electron chi connectivity index (χ4n) is 0.517. The van der Waals surface area contributed by atoms with E-state index in [-0.39, 0.29) is 6.10 Å². The van der Waals surface area contributed by atoms with E-state index in [1.54, 1.807) is 0 Å². The molecule has 0 amide bonds. The molecule has 0 aliphatic carbocycles. The van der Waals surface area contributed by atoms with Crippen LogP contribution >= 0.6 is 22.6 Å². The summed E-state index contributed by atoms with van der Waals surface area (Å²) in [6, 6.07) is 0. The molecule has 0 fully saturated rings. The largest absolute Gasteiger partial charge is 0.393 e. The van der Waals surface area contributed by atoms with E-state index in [0.717, 1.165) is 23.7 Å². The van der Waals surface area contributed by atoms with Crippen molar-refractivity contribution in [2.45, 2.75) is 32.3 Å². The van der Waals surface area contributed by atoms with E-state index in [2.05, 4.69) is 22.6 Å². The van der Waals surface area contributed by atoms with Crippen molar-refractivity contribution in [3.05, 3.63) is 0 Å². The fourth-order valence-corrected chi connectivity index (χ4v) is 0.957. The molecule has 0 spiro atoms. The summed E-state index contributed by atoms with van der Waals surface area (Å²) in [5, 5.41) is 8.99. The second kappa shape index (κ2) is 5.82. The van der Waals surface area contributed by atoms with Crippen molar-refractivity contribution in [2.75, 3.05) is 4.43 Å². The van der Waals surface area contributed by atoms with Gasteiger partial charge in [-0.1, -0.05) is 29.5 Å². The van der Waals surface area contributed by atoms with E-state index < -0.39 is 0 Å². The van der Waals surface area contributed by atoms with Gasteiger partial charge in [0.2, 0.25) is 0 Å². The van der Waals surface area contributed by atoms with Gasteiger partial charge in [0.25, 0.3) is 0 Å². The molecule has 0 rings (SSSR count). The van der Waals surface area contributed by atoms with Crippen molar-refractivity contribution in [3.8, 4) is 0 Å². The molecule has 0 saturated carbocycles. The minimum Gasteiger partial charge on any atom is -0.393 e. The van der Waals surface area contributed by atoms with Gasteiger partial charge < -0.3 is 5.11 Å². The van der Waals surface area contributed by atoms with Crippen LogP contribution in [0, 0.1) is 0 Å². The number of rotatable bonds is 4. The lowest BCUT2D eigenvalue weighted by Gasteiger charge is -2.03. The highest BCUT2D eigenvalue weighted by Gasteiger charge is 1.96. The molecule has 0 radical (unpaired) electrons. The van der Waals surface area contributed by atoms with Crippen LogP contribution in [-0.4, -0.2) is 15.6 Å². The first kappa shape index (κ1) is 8.69. The zero-order valence-electron chi connectivity index (χ0n) is 5.23. The number of hydrogen-bond acceptors (Lipinski definition) is 1. The Morgan fingerprint density at radius 3 is 2.62 bits per heavy atom. The third-order valence-electron chi connectivity index (χ3n) is 1.14. The number of alkyl halides is 1. The van der Waals surface area contributed by atoms with Gasteiger partial charge in [-0.2, -0.15) is 0 Å². The van der Waals surface area contributed by atoms with Crippen molar-refractivity contribution >= 4 is 22.6 Å². The summed E-state index contributed by atoms with van der Waals surface area (Å²) >= 11 is 2.33. The van der Waals surface area contributed by atoms with Crippen LogP contribution in [0.15, 0.2) is 0 Å². The van der Waals surface area contributed by atoms with Crippen LogP contribution in [0.4, 0.5) is 0 Å². The minimum absolute atomic E-state index is 0.0511. The van der Waals surface area contributed by atoms with Crippen molar-refractivity contribution in [1.82, 2.24) is 0 Å². The van der Waals surface area contributed by atoms with Gasteiger partial charge in [-0.3, -0.25) is 0 Å². The van der Waals surface area contributed by atoms with E-state index in [4.69, 9.17) is 5.11 Å². The second-order valence-electron chi connectivity index (χ2n) is 1.89. The first-order valence-corrected chi connectivity index (χ1v) is 4.57. The number of hydrogen-bond donors (Lipinski definition) is 1. The van der Waals surface area contributed by atoms with Gasteiger partial charge in [-0.15, -0.1) is 0 Å². The van der Waals surface area contributed by atoms with Gasteiger partial charge in [-0.25, -0.2) is 0 Å². The van der Waals surface area contributed by atoms with Gasteiger partial charge in [0.1, 0.15) is 0 Å². The van der Waals surface area contributed by atoms with Crippen LogP contribution in [0.25, 0.3) is 0 Å². The summed E-state index contributed by atoms with van der Waals surface area (Å²) in [6.07, 6.45) is 2.97. The normalized spacial score (nSPS) is 13.9. The molecule has 0 aromatic heterocycles. The number of aliphatic hydroxyl groups is 1. The monoisotopic (exact) mass is 228 g/mol. The molecule has 2 heteroatoms. The molecule has 0 aromatic carbocycles. The Bertz CT molecular complexity index is 47.8. The fraction of sp³-hybridized carbons (Fsp3) is 1.00. The molecule has 1 unspecified atom stereocenters. The van der Waals surface area contributed by atoms with Crippen molar-refractivity contribution < 1.29 is 5.11 Å². The Kier molecular flexibility index (Phi) is 6.32. The first-order valence-electron chi connectivity index (χ1n) is 3.05. The number of halogens is 1. The molecule has 0 saturated heterocycles. The molecule has 0 bridgehead atoms. The summed E-state index contributed by atoms with van der Waals surface area (Å²) in [5.41, 5.74) is 0. The molecule has 0 heterocycles. The lowest BCUT2D eigenvalue weighted by molar-refractivity contribution is 0.160. The van der Waals surface area contributed by atoms with E-state index in [1.807, 2.05) is 6.92 Å². The molecule has 50 valence electrons. The molecule has 0 aliphatic heterocycles. The number of aliphatic hydroxyl groups excluding tert-OH is 1. The molecule has 1 atom stereocenters. The molecule has 1 N–H and O–H groups in total. The van der Waals surface area contributed by atoms with Crippen molar-refractivity contribution in [2.24, 2.45) is 0 Å². The van der Waals surface area contributed by atoms with Crippen LogP contribution < -0.4 is 0 Å². The van der Waals surface area contributed by atoms with Crippen LogP contribution in [-0.2, 0) is 0 Å². The smallest absolute Gasteiger partial charge is 0.0537 e. The highest BCUT2D eigenvalue weighted by Crippen LogP contribution is 2.02. The van der Waals surface area contributed by atoms with Gasteiger partial charge >= 0.3 is 0 Å². The third kappa shape index (κ3) is 4.84. The molecule has 0 aromatic rings.